The monoisotopic (exact) mass is 476 g/mol. The third kappa shape index (κ3) is 4.46. The second-order valence-corrected chi connectivity index (χ2v) is 13.8. The SMILES string of the molecule is CC1C(P(c2ccccc2)c2ccccc2)=CC=CC1(C)P(c1ccccc1)c1ccccc1. The summed E-state index contributed by atoms with van der Waals surface area (Å²) in [5, 5.41) is 7.27. The fourth-order valence-electron chi connectivity index (χ4n) is 4.93. The van der Waals surface area contributed by atoms with E-state index in [1.807, 2.05) is 0 Å². The highest BCUT2D eigenvalue weighted by Gasteiger charge is 2.43. The molecule has 0 bridgehead atoms. The number of hydrogen-bond donors (Lipinski definition) is 0. The summed E-state index contributed by atoms with van der Waals surface area (Å²) in [4.78, 5) is 0. The van der Waals surface area contributed by atoms with Crippen molar-refractivity contribution in [2.24, 2.45) is 5.92 Å². The van der Waals surface area contributed by atoms with Crippen LogP contribution < -0.4 is 21.2 Å². The van der Waals surface area contributed by atoms with Gasteiger partial charge in [-0.3, -0.25) is 0 Å². The van der Waals surface area contributed by atoms with Crippen LogP contribution in [0.15, 0.2) is 145 Å². The summed E-state index contributed by atoms with van der Waals surface area (Å²) in [6, 6.07) is 44.4. The van der Waals surface area contributed by atoms with Crippen LogP contribution in [0.2, 0.25) is 0 Å². The molecule has 4 aromatic rings. The fourth-order valence-corrected chi connectivity index (χ4v) is 10.9. The first kappa shape index (κ1) is 23.0. The van der Waals surface area contributed by atoms with Gasteiger partial charge in [0.25, 0.3) is 0 Å². The highest BCUT2D eigenvalue weighted by molar-refractivity contribution is 7.77. The molecule has 34 heavy (non-hydrogen) atoms. The van der Waals surface area contributed by atoms with Gasteiger partial charge in [0.2, 0.25) is 0 Å². The summed E-state index contributed by atoms with van der Waals surface area (Å²) < 4.78 is 0. The second-order valence-electron chi connectivity index (χ2n) is 8.91. The summed E-state index contributed by atoms with van der Waals surface area (Å²) in [6.45, 7) is 4.94. The molecule has 2 heteroatoms. The van der Waals surface area contributed by atoms with Crippen molar-refractivity contribution < 1.29 is 0 Å². The Balaban J connectivity index is 1.63. The van der Waals surface area contributed by atoms with Gasteiger partial charge in [-0.15, -0.1) is 0 Å². The number of benzene rings is 4. The van der Waals surface area contributed by atoms with Crippen molar-refractivity contribution in [3.8, 4) is 0 Å². The van der Waals surface area contributed by atoms with Gasteiger partial charge in [-0.2, -0.15) is 0 Å². The zero-order valence-electron chi connectivity index (χ0n) is 19.8. The lowest BCUT2D eigenvalue weighted by Gasteiger charge is -2.45. The topological polar surface area (TPSA) is 0 Å². The predicted octanol–water partition coefficient (Wildman–Crippen LogP) is 7.10. The smallest absolute Gasteiger partial charge is 0.0205 e. The summed E-state index contributed by atoms with van der Waals surface area (Å²) >= 11 is 0. The van der Waals surface area contributed by atoms with E-state index in [4.69, 9.17) is 0 Å². The zero-order valence-corrected chi connectivity index (χ0v) is 21.5. The normalized spacial score (nSPS) is 19.9. The Labute approximate surface area is 206 Å². The van der Waals surface area contributed by atoms with Crippen LogP contribution in [0.5, 0.6) is 0 Å². The third-order valence-electron chi connectivity index (χ3n) is 6.82. The second kappa shape index (κ2) is 10.2. The fraction of sp³-hybridized carbons (Fsp3) is 0.125. The molecule has 1 aliphatic rings. The molecule has 0 amide bonds. The Morgan fingerprint density at radius 2 is 0.941 bits per heavy atom. The molecule has 0 saturated carbocycles. The van der Waals surface area contributed by atoms with E-state index in [9.17, 15) is 0 Å². The van der Waals surface area contributed by atoms with Crippen LogP contribution in [0.25, 0.3) is 0 Å². The largest absolute Gasteiger partial charge is 0.0731 e. The van der Waals surface area contributed by atoms with Gasteiger partial charge in [0.05, 0.1) is 0 Å². The quantitative estimate of drug-likeness (QED) is 0.260. The molecule has 2 atom stereocenters. The lowest BCUT2D eigenvalue weighted by molar-refractivity contribution is 0.584. The van der Waals surface area contributed by atoms with E-state index in [2.05, 4.69) is 153 Å². The number of allylic oxidation sites excluding steroid dienone is 4. The van der Waals surface area contributed by atoms with E-state index in [0.717, 1.165) is 0 Å². The number of hydrogen-bond acceptors (Lipinski definition) is 0. The van der Waals surface area contributed by atoms with Gasteiger partial charge >= 0.3 is 0 Å². The van der Waals surface area contributed by atoms with E-state index < -0.39 is 15.8 Å². The summed E-state index contributed by atoms with van der Waals surface area (Å²) in [5.74, 6) is 0.399. The van der Waals surface area contributed by atoms with Crippen molar-refractivity contribution in [2.45, 2.75) is 19.0 Å². The molecule has 0 radical (unpaired) electrons. The Hall–Kier alpha value is -2.78. The minimum atomic E-state index is -0.609. The van der Waals surface area contributed by atoms with Crippen LogP contribution in [0, 0.1) is 5.92 Å². The average molecular weight is 477 g/mol. The first-order valence-electron chi connectivity index (χ1n) is 11.9. The van der Waals surface area contributed by atoms with Crippen LogP contribution in [-0.4, -0.2) is 5.16 Å². The van der Waals surface area contributed by atoms with Gasteiger partial charge < -0.3 is 0 Å². The van der Waals surface area contributed by atoms with Crippen LogP contribution in [0.1, 0.15) is 13.8 Å². The van der Waals surface area contributed by atoms with Gasteiger partial charge in [-0.1, -0.05) is 153 Å². The van der Waals surface area contributed by atoms with Crippen LogP contribution >= 0.6 is 15.8 Å². The highest BCUT2D eigenvalue weighted by Crippen LogP contribution is 2.60. The standard InChI is InChI=1S/C32H30P2/c1-26-31(33(27-16-7-3-8-17-27)28-18-9-4-10-19-28)24-15-25-32(26,2)34(29-20-11-5-12-21-29)30-22-13-6-14-23-30/h3-26H,1-2H3. The molecule has 168 valence electrons. The molecule has 0 aliphatic heterocycles. The molecule has 0 N–H and O–H groups in total. The maximum absolute atomic E-state index is 2.48. The molecule has 0 fully saturated rings. The van der Waals surface area contributed by atoms with E-state index in [1.165, 1.54) is 21.2 Å². The molecule has 2 unspecified atom stereocenters. The van der Waals surface area contributed by atoms with E-state index in [0.29, 0.717) is 5.92 Å². The maximum Gasteiger partial charge on any atom is 0.0205 e. The van der Waals surface area contributed by atoms with Gasteiger partial charge in [-0.25, -0.2) is 0 Å². The van der Waals surface area contributed by atoms with Crippen molar-refractivity contribution in [3.05, 3.63) is 145 Å². The minimum absolute atomic E-state index is 0.00622. The highest BCUT2D eigenvalue weighted by atomic mass is 31.1. The van der Waals surface area contributed by atoms with Gasteiger partial charge in [0.15, 0.2) is 0 Å². The first-order chi connectivity index (χ1) is 16.7. The average Bonchev–Trinajstić information content (AvgIpc) is 2.90. The third-order valence-corrected chi connectivity index (χ3v) is 12.6. The Bertz CT molecular complexity index is 1180. The molecule has 0 nitrogen and oxygen atoms in total. The van der Waals surface area contributed by atoms with Gasteiger partial charge in [0, 0.05) is 5.16 Å². The minimum Gasteiger partial charge on any atom is -0.0731 e. The summed E-state index contributed by atoms with van der Waals surface area (Å²) in [6.07, 6.45) is 7.22. The van der Waals surface area contributed by atoms with Crippen LogP contribution in [0.3, 0.4) is 0 Å². The summed E-state index contributed by atoms with van der Waals surface area (Å²) in [7, 11) is -1.21. The molecular formula is C32H30P2. The van der Waals surface area contributed by atoms with E-state index in [1.54, 1.807) is 5.31 Å². The zero-order chi connectivity index (χ0) is 23.4. The Morgan fingerprint density at radius 1 is 0.559 bits per heavy atom. The first-order valence-corrected chi connectivity index (χ1v) is 14.6. The van der Waals surface area contributed by atoms with E-state index >= 15 is 0 Å². The molecule has 1 aliphatic carbocycles. The van der Waals surface area contributed by atoms with Gasteiger partial charge in [0.1, 0.15) is 0 Å². The molecule has 0 aromatic heterocycles. The van der Waals surface area contributed by atoms with Crippen molar-refractivity contribution in [3.63, 3.8) is 0 Å². The van der Waals surface area contributed by atoms with Gasteiger partial charge in [-0.05, 0) is 48.3 Å². The number of rotatable bonds is 6. The lowest BCUT2D eigenvalue weighted by atomic mass is 9.90. The van der Waals surface area contributed by atoms with E-state index in [-0.39, 0.29) is 5.16 Å². The van der Waals surface area contributed by atoms with Crippen LogP contribution in [-0.2, 0) is 0 Å². The Kier molecular flexibility index (Phi) is 6.92. The molecular weight excluding hydrogens is 446 g/mol. The summed E-state index contributed by atoms with van der Waals surface area (Å²) in [5.41, 5.74) is 0. The molecule has 0 heterocycles. The Morgan fingerprint density at radius 3 is 1.35 bits per heavy atom. The molecule has 4 aromatic carbocycles. The molecule has 0 spiro atoms. The molecule has 5 rings (SSSR count). The van der Waals surface area contributed by atoms with Crippen molar-refractivity contribution in [2.75, 3.05) is 0 Å². The van der Waals surface area contributed by atoms with Crippen LogP contribution in [0.4, 0.5) is 0 Å². The molecule has 0 saturated heterocycles. The predicted molar refractivity (Wildman–Crippen MR) is 153 cm³/mol. The van der Waals surface area contributed by atoms with Crippen molar-refractivity contribution in [1.29, 1.82) is 0 Å². The van der Waals surface area contributed by atoms with Crippen molar-refractivity contribution >= 4 is 37.1 Å². The maximum atomic E-state index is 2.48. The lowest BCUT2D eigenvalue weighted by Crippen LogP contribution is -2.39. The van der Waals surface area contributed by atoms with Crippen molar-refractivity contribution in [1.82, 2.24) is 0 Å².